The summed E-state index contributed by atoms with van der Waals surface area (Å²) < 4.78 is 3.02. The van der Waals surface area contributed by atoms with Gasteiger partial charge in [0.1, 0.15) is 6.33 Å². The smallest absolute Gasteiger partial charge is 0.258 e. The summed E-state index contributed by atoms with van der Waals surface area (Å²) in [7, 11) is 0. The minimum atomic E-state index is -0.449. The maximum atomic E-state index is 11.0. The maximum absolute atomic E-state index is 11.0. The van der Waals surface area contributed by atoms with E-state index in [1.54, 1.807) is 22.9 Å². The molecule has 3 rings (SSSR count). The van der Waals surface area contributed by atoms with Gasteiger partial charge in [-0.05, 0) is 26.0 Å². The summed E-state index contributed by atoms with van der Waals surface area (Å²) in [5.74, 6) is 0.408. The molecule has 0 saturated carbocycles. The molecule has 0 amide bonds. The van der Waals surface area contributed by atoms with Crippen molar-refractivity contribution in [1.29, 1.82) is 0 Å². The third-order valence-corrected chi connectivity index (χ3v) is 3.17. The lowest BCUT2D eigenvalue weighted by atomic mass is 10.2. The standard InChI is InChI=1S/C14H13N7O2/c1-10-7-11(2)20(18-10)14-17-15-9-19(14)16-8-12-5-3-4-6-13(12)21(22)23/h3-9H,1-2H3/b16-8-. The van der Waals surface area contributed by atoms with E-state index in [1.807, 2.05) is 19.9 Å². The molecule has 0 aliphatic carbocycles. The Morgan fingerprint density at radius 3 is 2.78 bits per heavy atom. The second kappa shape index (κ2) is 5.79. The largest absolute Gasteiger partial charge is 0.278 e. The molecular formula is C14H13N7O2. The fraction of sp³-hybridized carbons (Fsp3) is 0.143. The molecule has 0 radical (unpaired) electrons. The van der Waals surface area contributed by atoms with Gasteiger partial charge in [-0.1, -0.05) is 12.1 Å². The lowest BCUT2D eigenvalue weighted by Crippen LogP contribution is -2.06. The highest BCUT2D eigenvalue weighted by Crippen LogP contribution is 2.16. The summed E-state index contributed by atoms with van der Waals surface area (Å²) >= 11 is 0. The van der Waals surface area contributed by atoms with E-state index in [2.05, 4.69) is 20.4 Å². The number of para-hydroxylation sites is 1. The third kappa shape index (κ3) is 2.84. The molecule has 1 aromatic carbocycles. The molecule has 0 fully saturated rings. The van der Waals surface area contributed by atoms with Gasteiger partial charge < -0.3 is 0 Å². The molecule has 0 atom stereocenters. The maximum Gasteiger partial charge on any atom is 0.278 e. The minimum Gasteiger partial charge on any atom is -0.258 e. The Kier molecular flexibility index (Phi) is 3.67. The molecule has 0 aliphatic heterocycles. The molecule has 0 N–H and O–H groups in total. The van der Waals surface area contributed by atoms with E-state index in [0.29, 0.717) is 11.5 Å². The van der Waals surface area contributed by atoms with E-state index in [0.717, 1.165) is 11.4 Å². The Morgan fingerprint density at radius 1 is 1.30 bits per heavy atom. The zero-order valence-electron chi connectivity index (χ0n) is 12.5. The predicted octanol–water partition coefficient (Wildman–Crippen LogP) is 1.87. The summed E-state index contributed by atoms with van der Waals surface area (Å²) in [5.41, 5.74) is 2.11. The van der Waals surface area contributed by atoms with Crippen LogP contribution in [-0.2, 0) is 0 Å². The molecule has 0 unspecified atom stereocenters. The van der Waals surface area contributed by atoms with Crippen molar-refractivity contribution in [3.05, 3.63) is 63.7 Å². The van der Waals surface area contributed by atoms with Gasteiger partial charge in [0.15, 0.2) is 0 Å². The van der Waals surface area contributed by atoms with Crippen molar-refractivity contribution in [2.24, 2.45) is 5.10 Å². The zero-order valence-corrected chi connectivity index (χ0v) is 12.5. The van der Waals surface area contributed by atoms with Crippen LogP contribution in [0.2, 0.25) is 0 Å². The Labute approximate surface area is 131 Å². The fourth-order valence-corrected chi connectivity index (χ4v) is 2.16. The summed E-state index contributed by atoms with van der Waals surface area (Å²) in [6.45, 7) is 3.77. The van der Waals surface area contributed by atoms with Crippen LogP contribution in [0.5, 0.6) is 0 Å². The van der Waals surface area contributed by atoms with Gasteiger partial charge >= 0.3 is 0 Å². The number of nitro benzene ring substituents is 1. The van der Waals surface area contributed by atoms with Crippen LogP contribution in [0, 0.1) is 24.0 Å². The Balaban J connectivity index is 1.98. The molecule has 3 aromatic rings. The number of nitrogens with zero attached hydrogens (tertiary/aromatic N) is 7. The van der Waals surface area contributed by atoms with Crippen molar-refractivity contribution in [3.8, 4) is 5.95 Å². The lowest BCUT2D eigenvalue weighted by molar-refractivity contribution is -0.385. The molecule has 0 saturated heterocycles. The van der Waals surface area contributed by atoms with Crippen LogP contribution in [-0.4, -0.2) is 35.8 Å². The Morgan fingerprint density at radius 2 is 2.09 bits per heavy atom. The van der Waals surface area contributed by atoms with Crippen molar-refractivity contribution in [2.75, 3.05) is 0 Å². The van der Waals surface area contributed by atoms with Gasteiger partial charge in [-0.3, -0.25) is 10.1 Å². The summed E-state index contributed by atoms with van der Waals surface area (Å²) in [6, 6.07) is 8.27. The van der Waals surface area contributed by atoms with Crippen molar-refractivity contribution >= 4 is 11.9 Å². The molecule has 23 heavy (non-hydrogen) atoms. The monoisotopic (exact) mass is 311 g/mol. The second-order valence-corrected chi connectivity index (χ2v) is 4.87. The summed E-state index contributed by atoms with van der Waals surface area (Å²) in [5, 5.41) is 27.4. The second-order valence-electron chi connectivity index (χ2n) is 4.87. The van der Waals surface area contributed by atoms with Gasteiger partial charge in [-0.25, -0.2) is 4.68 Å². The number of benzene rings is 1. The minimum absolute atomic E-state index is 0.0167. The number of hydrogen-bond acceptors (Lipinski definition) is 6. The predicted molar refractivity (Wildman–Crippen MR) is 82.7 cm³/mol. The van der Waals surface area contributed by atoms with E-state index in [9.17, 15) is 10.1 Å². The lowest BCUT2D eigenvalue weighted by Gasteiger charge is -2.02. The highest BCUT2D eigenvalue weighted by molar-refractivity contribution is 5.85. The molecule has 0 spiro atoms. The summed E-state index contributed by atoms with van der Waals surface area (Å²) in [4.78, 5) is 10.6. The van der Waals surface area contributed by atoms with Crippen LogP contribution in [0.15, 0.2) is 41.8 Å². The number of nitro groups is 1. The van der Waals surface area contributed by atoms with Gasteiger partial charge in [-0.2, -0.15) is 14.9 Å². The highest BCUT2D eigenvalue weighted by Gasteiger charge is 2.12. The van der Waals surface area contributed by atoms with Crippen LogP contribution >= 0.6 is 0 Å². The number of hydrogen-bond donors (Lipinski definition) is 0. The van der Waals surface area contributed by atoms with E-state index < -0.39 is 4.92 Å². The van der Waals surface area contributed by atoms with Gasteiger partial charge in [0.25, 0.3) is 11.6 Å². The van der Waals surface area contributed by atoms with E-state index >= 15 is 0 Å². The van der Waals surface area contributed by atoms with Crippen LogP contribution in [0.1, 0.15) is 17.0 Å². The van der Waals surface area contributed by atoms with E-state index in [1.165, 1.54) is 23.3 Å². The van der Waals surface area contributed by atoms with E-state index in [4.69, 9.17) is 0 Å². The van der Waals surface area contributed by atoms with Crippen LogP contribution in [0.3, 0.4) is 0 Å². The Bertz CT molecular complexity index is 894. The zero-order chi connectivity index (χ0) is 16.4. The normalized spacial score (nSPS) is 11.2. The molecular weight excluding hydrogens is 298 g/mol. The quantitative estimate of drug-likeness (QED) is 0.415. The topological polar surface area (TPSA) is 104 Å². The highest BCUT2D eigenvalue weighted by atomic mass is 16.6. The van der Waals surface area contributed by atoms with Crippen molar-refractivity contribution in [1.82, 2.24) is 24.7 Å². The first kappa shape index (κ1) is 14.6. The number of rotatable bonds is 4. The Hall–Kier alpha value is -3.36. The average molecular weight is 311 g/mol. The first-order chi connectivity index (χ1) is 11.1. The van der Waals surface area contributed by atoms with Gasteiger partial charge in [0.05, 0.1) is 22.4 Å². The molecule has 2 heterocycles. The first-order valence-corrected chi connectivity index (χ1v) is 6.77. The van der Waals surface area contributed by atoms with Gasteiger partial charge in [0.2, 0.25) is 0 Å². The van der Waals surface area contributed by atoms with E-state index in [-0.39, 0.29) is 5.69 Å². The van der Waals surface area contributed by atoms with Gasteiger partial charge in [0, 0.05) is 11.8 Å². The molecule has 2 aromatic heterocycles. The van der Waals surface area contributed by atoms with Crippen molar-refractivity contribution < 1.29 is 4.92 Å². The first-order valence-electron chi connectivity index (χ1n) is 6.77. The van der Waals surface area contributed by atoms with Crippen molar-refractivity contribution in [3.63, 3.8) is 0 Å². The molecule has 116 valence electrons. The summed E-state index contributed by atoms with van der Waals surface area (Å²) in [6.07, 6.45) is 2.81. The van der Waals surface area contributed by atoms with Gasteiger partial charge in [-0.15, -0.1) is 10.2 Å². The molecule has 0 bridgehead atoms. The molecule has 9 nitrogen and oxygen atoms in total. The molecule has 9 heteroatoms. The molecule has 0 aliphatic rings. The SMILES string of the molecule is Cc1cc(C)n(-c2nncn2/N=C\c2ccccc2[N+](=O)[O-])n1. The van der Waals surface area contributed by atoms with Crippen molar-refractivity contribution in [2.45, 2.75) is 13.8 Å². The third-order valence-electron chi connectivity index (χ3n) is 3.17. The van der Waals surface area contributed by atoms with Crippen LogP contribution < -0.4 is 0 Å². The fourth-order valence-electron chi connectivity index (χ4n) is 2.16. The number of aromatic nitrogens is 5. The average Bonchev–Trinajstić information content (AvgIpc) is 3.11. The van der Waals surface area contributed by atoms with Crippen LogP contribution in [0.4, 0.5) is 5.69 Å². The van der Waals surface area contributed by atoms with Crippen LogP contribution in [0.25, 0.3) is 5.95 Å². The number of aryl methyl sites for hydroxylation is 2.